The molecule has 1 fully saturated rings. The van der Waals surface area contributed by atoms with Crippen molar-refractivity contribution in [2.45, 2.75) is 51.4 Å². The zero-order chi connectivity index (χ0) is 16.9. The second kappa shape index (κ2) is 8.06. The zero-order valence-corrected chi connectivity index (χ0v) is 12.9. The van der Waals surface area contributed by atoms with E-state index in [-0.39, 0.29) is 0 Å². The van der Waals surface area contributed by atoms with Gasteiger partial charge in [-0.25, -0.2) is 0 Å². The van der Waals surface area contributed by atoms with Gasteiger partial charge >= 0.3 is 11.9 Å². The number of carbonyl (C=O) groups is 3. The highest BCUT2D eigenvalue weighted by Crippen LogP contribution is 2.26. The SMILES string of the molecule is CO[C@@H]1O[C@H](CO)[C@@H](OC(C)=O)[C@H](OC(C)=O)[C@H]1NC(C)=O. The topological polar surface area (TPSA) is 120 Å². The fourth-order valence-electron chi connectivity index (χ4n) is 2.31. The minimum absolute atomic E-state index is 0.406. The van der Waals surface area contributed by atoms with Gasteiger partial charge in [0.05, 0.1) is 6.61 Å². The van der Waals surface area contributed by atoms with Gasteiger partial charge in [0.25, 0.3) is 0 Å². The molecule has 126 valence electrons. The summed E-state index contributed by atoms with van der Waals surface area (Å²) in [4.78, 5) is 34.0. The van der Waals surface area contributed by atoms with Crippen LogP contribution in [-0.2, 0) is 33.3 Å². The Balaban J connectivity index is 3.14. The minimum Gasteiger partial charge on any atom is -0.456 e. The summed E-state index contributed by atoms with van der Waals surface area (Å²) >= 11 is 0. The number of amides is 1. The van der Waals surface area contributed by atoms with Crippen LogP contribution in [0.5, 0.6) is 0 Å². The molecule has 0 spiro atoms. The number of hydrogen-bond acceptors (Lipinski definition) is 8. The summed E-state index contributed by atoms with van der Waals surface area (Å²) < 4.78 is 20.9. The van der Waals surface area contributed by atoms with Gasteiger partial charge in [0.15, 0.2) is 18.5 Å². The van der Waals surface area contributed by atoms with E-state index in [1.807, 2.05) is 0 Å². The Morgan fingerprint density at radius 1 is 1.09 bits per heavy atom. The van der Waals surface area contributed by atoms with Crippen molar-refractivity contribution in [2.24, 2.45) is 0 Å². The van der Waals surface area contributed by atoms with E-state index in [2.05, 4.69) is 5.32 Å². The number of hydrogen-bond donors (Lipinski definition) is 2. The van der Waals surface area contributed by atoms with Crippen LogP contribution in [0.15, 0.2) is 0 Å². The summed E-state index contributed by atoms with van der Waals surface area (Å²) in [5.41, 5.74) is 0. The number of rotatable bonds is 5. The highest BCUT2D eigenvalue weighted by atomic mass is 16.7. The Morgan fingerprint density at radius 3 is 2.05 bits per heavy atom. The third kappa shape index (κ3) is 4.65. The standard InChI is InChI=1S/C13H21NO8/c1-6(16)14-10-12(21-8(3)18)11(20-7(2)17)9(5-15)22-13(10)19-4/h9-13,15H,5H2,1-4H3,(H,14,16)/t9-,10-,11-,12-,13-/m1/s1. The first-order valence-electron chi connectivity index (χ1n) is 6.70. The van der Waals surface area contributed by atoms with Crippen LogP contribution in [0, 0.1) is 0 Å². The molecule has 0 radical (unpaired) electrons. The lowest BCUT2D eigenvalue weighted by molar-refractivity contribution is -0.270. The fraction of sp³-hybridized carbons (Fsp3) is 0.769. The van der Waals surface area contributed by atoms with Crippen molar-refractivity contribution in [2.75, 3.05) is 13.7 Å². The summed E-state index contributed by atoms with van der Waals surface area (Å²) in [5.74, 6) is -1.68. The van der Waals surface area contributed by atoms with Crippen molar-refractivity contribution < 1.29 is 38.4 Å². The van der Waals surface area contributed by atoms with Crippen LogP contribution in [0.25, 0.3) is 0 Å². The molecule has 1 saturated heterocycles. The Hall–Kier alpha value is -1.71. The van der Waals surface area contributed by atoms with E-state index in [9.17, 15) is 19.5 Å². The quantitative estimate of drug-likeness (QED) is 0.601. The summed E-state index contributed by atoms with van der Waals surface area (Å²) in [6.45, 7) is 3.15. The number of aliphatic hydroxyl groups excluding tert-OH is 1. The third-order valence-electron chi connectivity index (χ3n) is 3.03. The summed E-state index contributed by atoms with van der Waals surface area (Å²) in [5, 5.41) is 12.0. The minimum atomic E-state index is -1.07. The van der Waals surface area contributed by atoms with E-state index in [0.717, 1.165) is 0 Å². The van der Waals surface area contributed by atoms with Gasteiger partial charge in [-0.15, -0.1) is 0 Å². The van der Waals surface area contributed by atoms with Gasteiger partial charge in [0, 0.05) is 27.9 Å². The molecule has 1 amide bonds. The summed E-state index contributed by atoms with van der Waals surface area (Å²) in [7, 11) is 1.34. The van der Waals surface area contributed by atoms with Crippen molar-refractivity contribution >= 4 is 17.8 Å². The van der Waals surface area contributed by atoms with Crippen LogP contribution >= 0.6 is 0 Å². The number of ether oxygens (including phenoxy) is 4. The molecular weight excluding hydrogens is 298 g/mol. The fourth-order valence-corrected chi connectivity index (χ4v) is 2.31. The first-order chi connectivity index (χ1) is 10.3. The molecule has 0 unspecified atom stereocenters. The predicted molar refractivity (Wildman–Crippen MR) is 71.5 cm³/mol. The maximum absolute atomic E-state index is 11.4. The van der Waals surface area contributed by atoms with Gasteiger partial charge in [-0.2, -0.15) is 0 Å². The first-order valence-corrected chi connectivity index (χ1v) is 6.70. The Morgan fingerprint density at radius 2 is 1.64 bits per heavy atom. The van der Waals surface area contributed by atoms with Gasteiger partial charge in [-0.1, -0.05) is 0 Å². The lowest BCUT2D eigenvalue weighted by Gasteiger charge is -2.44. The number of methoxy groups -OCH3 is 1. The average Bonchev–Trinajstić information content (AvgIpc) is 2.41. The normalized spacial score (nSPS) is 31.2. The predicted octanol–water partition coefficient (Wildman–Crippen LogP) is -1.28. The van der Waals surface area contributed by atoms with Crippen LogP contribution in [0.2, 0.25) is 0 Å². The lowest BCUT2D eigenvalue weighted by Crippen LogP contribution is -2.66. The molecule has 1 heterocycles. The van der Waals surface area contributed by atoms with Crippen molar-refractivity contribution in [1.29, 1.82) is 0 Å². The van der Waals surface area contributed by atoms with Gasteiger partial charge < -0.3 is 29.4 Å². The maximum Gasteiger partial charge on any atom is 0.303 e. The molecule has 0 aromatic heterocycles. The van der Waals surface area contributed by atoms with E-state index < -0.39 is 55.1 Å². The molecule has 2 N–H and O–H groups in total. The van der Waals surface area contributed by atoms with Crippen LogP contribution in [-0.4, -0.2) is 67.3 Å². The molecule has 22 heavy (non-hydrogen) atoms. The van der Waals surface area contributed by atoms with Crippen molar-refractivity contribution in [3.63, 3.8) is 0 Å². The van der Waals surface area contributed by atoms with Crippen LogP contribution in [0.4, 0.5) is 0 Å². The molecule has 0 bridgehead atoms. The van der Waals surface area contributed by atoms with Crippen LogP contribution in [0.3, 0.4) is 0 Å². The van der Waals surface area contributed by atoms with Gasteiger partial charge in [0.2, 0.25) is 5.91 Å². The van der Waals surface area contributed by atoms with E-state index in [1.165, 1.54) is 27.9 Å². The number of esters is 2. The van der Waals surface area contributed by atoms with E-state index in [0.29, 0.717) is 0 Å². The van der Waals surface area contributed by atoms with Crippen LogP contribution < -0.4 is 5.32 Å². The Bertz CT molecular complexity index is 396. The first kappa shape index (κ1) is 18.3. The Kier molecular flexibility index (Phi) is 6.72. The molecule has 1 rings (SSSR count). The molecule has 0 saturated carbocycles. The van der Waals surface area contributed by atoms with Crippen molar-refractivity contribution in [3.8, 4) is 0 Å². The van der Waals surface area contributed by atoms with Gasteiger partial charge in [0.1, 0.15) is 12.1 Å². The number of aliphatic hydroxyl groups is 1. The second-order valence-corrected chi connectivity index (χ2v) is 4.84. The molecular formula is C13H21NO8. The van der Waals surface area contributed by atoms with Gasteiger partial charge in [-0.05, 0) is 0 Å². The van der Waals surface area contributed by atoms with Crippen molar-refractivity contribution in [1.82, 2.24) is 5.32 Å². The monoisotopic (exact) mass is 319 g/mol. The highest BCUT2D eigenvalue weighted by molar-refractivity contribution is 5.73. The molecule has 9 heteroatoms. The molecule has 1 aliphatic rings. The Labute approximate surface area is 127 Å². The van der Waals surface area contributed by atoms with E-state index in [1.54, 1.807) is 0 Å². The van der Waals surface area contributed by atoms with Crippen molar-refractivity contribution in [3.05, 3.63) is 0 Å². The molecule has 5 atom stereocenters. The third-order valence-corrected chi connectivity index (χ3v) is 3.03. The van der Waals surface area contributed by atoms with E-state index >= 15 is 0 Å². The maximum atomic E-state index is 11.4. The second-order valence-electron chi connectivity index (χ2n) is 4.84. The highest BCUT2D eigenvalue weighted by Gasteiger charge is 2.50. The molecule has 0 aliphatic carbocycles. The number of nitrogens with one attached hydrogen (secondary N) is 1. The van der Waals surface area contributed by atoms with Gasteiger partial charge in [-0.3, -0.25) is 14.4 Å². The van der Waals surface area contributed by atoms with Crippen LogP contribution in [0.1, 0.15) is 20.8 Å². The molecule has 9 nitrogen and oxygen atoms in total. The smallest absolute Gasteiger partial charge is 0.303 e. The molecule has 0 aromatic carbocycles. The van der Waals surface area contributed by atoms with E-state index in [4.69, 9.17) is 18.9 Å². The lowest BCUT2D eigenvalue weighted by atomic mass is 9.96. The summed E-state index contributed by atoms with van der Waals surface area (Å²) in [6.07, 6.45) is -4.06. The number of carbonyl (C=O) groups excluding carboxylic acids is 3. The summed E-state index contributed by atoms with van der Waals surface area (Å²) in [6, 6.07) is -0.890. The zero-order valence-electron chi connectivity index (χ0n) is 12.9. The molecule has 1 aliphatic heterocycles. The largest absolute Gasteiger partial charge is 0.456 e. The average molecular weight is 319 g/mol. The molecule has 0 aromatic rings.